The van der Waals surface area contributed by atoms with Crippen molar-refractivity contribution in [3.05, 3.63) is 41.4 Å². The molecule has 2 rings (SSSR count). The van der Waals surface area contributed by atoms with Crippen LogP contribution in [0, 0.1) is 0 Å². The molecule has 0 radical (unpaired) electrons. The maximum absolute atomic E-state index is 12.3. The molecule has 1 aliphatic rings. The molecule has 0 amide bonds. The number of benzene rings is 1. The van der Waals surface area contributed by atoms with Gasteiger partial charge >= 0.3 is 58.4 Å². The molecule has 1 aromatic carbocycles. The molecule has 19 heavy (non-hydrogen) atoms. The summed E-state index contributed by atoms with van der Waals surface area (Å²) in [7, 11) is 0. The van der Waals surface area contributed by atoms with Crippen LogP contribution in [0.3, 0.4) is 0 Å². The fourth-order valence-corrected chi connectivity index (χ4v) is 2.07. The second-order valence-corrected chi connectivity index (χ2v) is 4.66. The van der Waals surface area contributed by atoms with Crippen molar-refractivity contribution < 1.29 is 69.1 Å². The van der Waals surface area contributed by atoms with Gasteiger partial charge in [0.05, 0.1) is 6.61 Å². The van der Waals surface area contributed by atoms with E-state index in [-0.39, 0.29) is 51.4 Å². The maximum atomic E-state index is 12.3. The van der Waals surface area contributed by atoms with Gasteiger partial charge in [0.1, 0.15) is 5.75 Å². The zero-order chi connectivity index (χ0) is 13.2. The van der Waals surface area contributed by atoms with Crippen molar-refractivity contribution in [1.29, 1.82) is 0 Å². The summed E-state index contributed by atoms with van der Waals surface area (Å²) < 4.78 is 42.1. The van der Waals surface area contributed by atoms with Crippen molar-refractivity contribution in [2.24, 2.45) is 0 Å². The van der Waals surface area contributed by atoms with Crippen molar-refractivity contribution in [3.8, 4) is 5.75 Å². The molecule has 1 aliphatic carbocycles. The molecule has 0 heterocycles. The number of hydrogen-bond donors (Lipinski definition) is 0. The molecule has 1 aromatic rings. The summed E-state index contributed by atoms with van der Waals surface area (Å²) in [6, 6.07) is 5.54. The van der Waals surface area contributed by atoms with E-state index < -0.39 is 19.1 Å². The molecule has 0 aromatic heterocycles. The van der Waals surface area contributed by atoms with Gasteiger partial charge in [0.15, 0.2) is 0 Å². The number of fused-ring (bicyclic) bond motifs is 1. The zero-order valence-corrected chi connectivity index (χ0v) is 14.2. The Morgan fingerprint density at radius 1 is 1.16 bits per heavy atom. The normalized spacial score (nSPS) is 14.3. The van der Waals surface area contributed by atoms with E-state index in [9.17, 15) is 12.9 Å². The predicted octanol–water partition coefficient (Wildman–Crippen LogP) is 0.891. The van der Waals surface area contributed by atoms with Gasteiger partial charge in [-0.2, -0.15) is 0 Å². The summed E-state index contributed by atoms with van der Waals surface area (Å²) in [4.78, 5) is 0. The van der Waals surface area contributed by atoms with Gasteiger partial charge in [-0.05, 0) is 48.9 Å². The van der Waals surface area contributed by atoms with Crippen molar-refractivity contribution in [1.82, 2.24) is 0 Å². The quantitative estimate of drug-likeness (QED) is 0.750. The Bertz CT molecular complexity index is 460. The first-order valence-electron chi connectivity index (χ1n) is 6.09. The standard InChI is InChI=1S/C13H15BF3O.K/c1-10(14(15,16)17)9-18-13-7-6-11-4-2-3-5-12(11)8-13;/h6-8H,1-5,9H2;/q-1;+1. The first kappa shape index (κ1) is 17.3. The fourth-order valence-electron chi connectivity index (χ4n) is 2.07. The number of rotatable bonds is 4. The second kappa shape index (κ2) is 7.31. The van der Waals surface area contributed by atoms with E-state index >= 15 is 0 Å². The molecule has 98 valence electrons. The fraction of sp³-hybridized carbons (Fsp3) is 0.385. The summed E-state index contributed by atoms with van der Waals surface area (Å²) in [5, 5.41) is 0. The number of hydrogen-bond acceptors (Lipinski definition) is 1. The molecular formula is C13H15BF3KO. The van der Waals surface area contributed by atoms with Gasteiger partial charge in [0.2, 0.25) is 0 Å². The Kier molecular flexibility index (Phi) is 6.66. The molecule has 0 unspecified atom stereocenters. The van der Waals surface area contributed by atoms with E-state index in [1.165, 1.54) is 17.5 Å². The van der Waals surface area contributed by atoms with Crippen LogP contribution in [0.5, 0.6) is 5.75 Å². The van der Waals surface area contributed by atoms with Crippen LogP contribution in [0.25, 0.3) is 0 Å². The molecule has 0 aliphatic heterocycles. The summed E-state index contributed by atoms with van der Waals surface area (Å²) >= 11 is 0. The van der Waals surface area contributed by atoms with Crippen LogP contribution >= 0.6 is 0 Å². The largest absolute Gasteiger partial charge is 1.00 e. The zero-order valence-electron chi connectivity index (χ0n) is 11.1. The Morgan fingerprint density at radius 2 is 1.79 bits per heavy atom. The van der Waals surface area contributed by atoms with Gasteiger partial charge < -0.3 is 17.7 Å². The summed E-state index contributed by atoms with van der Waals surface area (Å²) in [5.41, 5.74) is 1.68. The Labute approximate surface area is 154 Å². The molecule has 0 atom stereocenters. The van der Waals surface area contributed by atoms with Crippen molar-refractivity contribution >= 4 is 6.98 Å². The van der Waals surface area contributed by atoms with Gasteiger partial charge in [0.25, 0.3) is 0 Å². The van der Waals surface area contributed by atoms with Crippen molar-refractivity contribution in [2.45, 2.75) is 25.7 Å². The molecule has 0 saturated heterocycles. The van der Waals surface area contributed by atoms with Gasteiger partial charge in [-0.3, -0.25) is 0 Å². The first-order valence-corrected chi connectivity index (χ1v) is 6.09. The summed E-state index contributed by atoms with van der Waals surface area (Å²) in [6.07, 6.45) is 4.35. The molecule has 0 fully saturated rings. The second-order valence-electron chi connectivity index (χ2n) is 4.66. The molecule has 1 nitrogen and oxygen atoms in total. The van der Waals surface area contributed by atoms with Crippen LogP contribution < -0.4 is 56.1 Å². The maximum Gasteiger partial charge on any atom is 1.00 e. The van der Waals surface area contributed by atoms with Crippen LogP contribution in [0.4, 0.5) is 12.9 Å². The van der Waals surface area contributed by atoms with Crippen LogP contribution in [0.15, 0.2) is 30.3 Å². The van der Waals surface area contributed by atoms with Crippen molar-refractivity contribution in [2.75, 3.05) is 6.61 Å². The molecular weight excluding hydrogens is 279 g/mol. The molecule has 0 spiro atoms. The Hall–Kier alpha value is 0.251. The topological polar surface area (TPSA) is 9.23 Å². The third-order valence-corrected chi connectivity index (χ3v) is 3.21. The van der Waals surface area contributed by atoms with Gasteiger partial charge in [-0.25, -0.2) is 0 Å². The third-order valence-electron chi connectivity index (χ3n) is 3.21. The predicted molar refractivity (Wildman–Crippen MR) is 66.8 cm³/mol. The monoisotopic (exact) mass is 294 g/mol. The number of aryl methyl sites for hydroxylation is 2. The summed E-state index contributed by atoms with van der Waals surface area (Å²) in [6.45, 7) is -2.48. The average molecular weight is 294 g/mol. The van der Waals surface area contributed by atoms with Crippen LogP contribution in [0.2, 0.25) is 0 Å². The van der Waals surface area contributed by atoms with Crippen molar-refractivity contribution in [3.63, 3.8) is 0 Å². The average Bonchev–Trinajstić information content (AvgIpc) is 2.34. The molecule has 6 heteroatoms. The van der Waals surface area contributed by atoms with E-state index in [1.54, 1.807) is 6.07 Å². The number of ether oxygens (including phenoxy) is 1. The minimum atomic E-state index is -5.00. The van der Waals surface area contributed by atoms with Gasteiger partial charge in [-0.15, -0.1) is 12.1 Å². The van der Waals surface area contributed by atoms with E-state index in [2.05, 4.69) is 6.58 Å². The van der Waals surface area contributed by atoms with Gasteiger partial charge in [-0.1, -0.05) is 6.07 Å². The molecule has 0 N–H and O–H groups in total. The van der Waals surface area contributed by atoms with E-state index in [0.29, 0.717) is 5.75 Å². The third kappa shape index (κ3) is 4.94. The van der Waals surface area contributed by atoms with E-state index in [0.717, 1.165) is 19.3 Å². The minimum absolute atomic E-state index is 0. The van der Waals surface area contributed by atoms with E-state index in [1.807, 2.05) is 12.1 Å². The molecule has 0 saturated carbocycles. The van der Waals surface area contributed by atoms with Gasteiger partial charge in [0, 0.05) is 0 Å². The number of halogens is 3. The summed E-state index contributed by atoms with van der Waals surface area (Å²) in [5.74, 6) is 0.497. The minimum Gasteiger partial charge on any atom is -0.492 e. The van der Waals surface area contributed by atoms with Crippen LogP contribution in [-0.4, -0.2) is 13.6 Å². The Morgan fingerprint density at radius 3 is 2.42 bits per heavy atom. The van der Waals surface area contributed by atoms with E-state index in [4.69, 9.17) is 4.74 Å². The molecule has 0 bridgehead atoms. The van der Waals surface area contributed by atoms with Crippen LogP contribution in [-0.2, 0) is 12.8 Å². The smallest absolute Gasteiger partial charge is 0.492 e. The SMILES string of the molecule is C=C(COc1ccc2c(c1)CCCC2)[B-](F)(F)F.[K+]. The first-order chi connectivity index (χ1) is 8.47. The Balaban J connectivity index is 0.00000180. The van der Waals surface area contributed by atoms with Crippen LogP contribution in [0.1, 0.15) is 24.0 Å².